The minimum atomic E-state index is -0.909. The van der Waals surface area contributed by atoms with Gasteiger partial charge in [0, 0.05) is 31.1 Å². The smallest absolute Gasteiger partial charge is 0.303 e. The van der Waals surface area contributed by atoms with Crippen molar-refractivity contribution in [3.63, 3.8) is 0 Å². The molecule has 0 spiro atoms. The number of hydrogen-bond acceptors (Lipinski definition) is 3. The molecule has 0 atom stereocenters. The van der Waals surface area contributed by atoms with Crippen molar-refractivity contribution in [2.75, 3.05) is 10.6 Å². The Bertz CT molecular complexity index is 526. The molecular formula is C14H18N2O4. The number of amides is 2. The largest absolute Gasteiger partial charge is 0.481 e. The lowest BCUT2D eigenvalue weighted by molar-refractivity contribution is -0.137. The Morgan fingerprint density at radius 3 is 2.40 bits per heavy atom. The second-order valence-corrected chi connectivity index (χ2v) is 4.51. The van der Waals surface area contributed by atoms with Crippen LogP contribution in [-0.2, 0) is 14.4 Å². The highest BCUT2D eigenvalue weighted by Gasteiger charge is 2.06. The lowest BCUT2D eigenvalue weighted by Crippen LogP contribution is -2.12. The molecule has 108 valence electrons. The van der Waals surface area contributed by atoms with Gasteiger partial charge in [-0.2, -0.15) is 0 Å². The van der Waals surface area contributed by atoms with Crippen molar-refractivity contribution >= 4 is 29.2 Å². The van der Waals surface area contributed by atoms with Crippen LogP contribution in [0.15, 0.2) is 18.2 Å². The topological polar surface area (TPSA) is 95.5 Å². The van der Waals surface area contributed by atoms with Gasteiger partial charge in [0.05, 0.1) is 0 Å². The minimum Gasteiger partial charge on any atom is -0.481 e. The number of aliphatic carboxylic acids is 1. The maximum absolute atomic E-state index is 11.6. The molecule has 6 nitrogen and oxygen atoms in total. The SMILES string of the molecule is CC(=O)Nc1ccc(NC(=O)CCCC(=O)O)cc1C. The number of rotatable bonds is 6. The fraction of sp³-hybridized carbons (Fsp3) is 0.357. The molecule has 6 heteroatoms. The number of carboxylic acids is 1. The van der Waals surface area contributed by atoms with Gasteiger partial charge in [0.1, 0.15) is 0 Å². The molecule has 0 fully saturated rings. The van der Waals surface area contributed by atoms with Crippen molar-refractivity contribution in [2.24, 2.45) is 0 Å². The molecule has 0 aliphatic heterocycles. The van der Waals surface area contributed by atoms with Gasteiger partial charge in [-0.15, -0.1) is 0 Å². The van der Waals surface area contributed by atoms with E-state index in [0.717, 1.165) is 5.56 Å². The van der Waals surface area contributed by atoms with Crippen LogP contribution in [0.1, 0.15) is 31.7 Å². The van der Waals surface area contributed by atoms with Gasteiger partial charge in [0.15, 0.2) is 0 Å². The number of benzene rings is 1. The summed E-state index contributed by atoms with van der Waals surface area (Å²) in [5, 5.41) is 13.9. The first-order chi connectivity index (χ1) is 9.38. The first-order valence-electron chi connectivity index (χ1n) is 6.28. The van der Waals surface area contributed by atoms with E-state index in [1.54, 1.807) is 18.2 Å². The third-order valence-electron chi connectivity index (χ3n) is 2.62. The summed E-state index contributed by atoms with van der Waals surface area (Å²) in [7, 11) is 0. The van der Waals surface area contributed by atoms with Crippen molar-refractivity contribution in [3.8, 4) is 0 Å². The van der Waals surface area contributed by atoms with E-state index >= 15 is 0 Å². The van der Waals surface area contributed by atoms with Crippen molar-refractivity contribution in [1.29, 1.82) is 0 Å². The summed E-state index contributed by atoms with van der Waals surface area (Å²) in [6, 6.07) is 5.15. The number of anilines is 2. The Hall–Kier alpha value is -2.37. The van der Waals surface area contributed by atoms with Crippen molar-refractivity contribution < 1.29 is 19.5 Å². The number of nitrogens with one attached hydrogen (secondary N) is 2. The van der Waals surface area contributed by atoms with Crippen LogP contribution in [0.5, 0.6) is 0 Å². The lowest BCUT2D eigenvalue weighted by Gasteiger charge is -2.10. The van der Waals surface area contributed by atoms with E-state index in [2.05, 4.69) is 10.6 Å². The number of aryl methyl sites for hydroxylation is 1. The van der Waals surface area contributed by atoms with Crippen LogP contribution in [0.3, 0.4) is 0 Å². The summed E-state index contributed by atoms with van der Waals surface area (Å²) in [5.74, 6) is -1.29. The van der Waals surface area contributed by atoms with Gasteiger partial charge in [-0.05, 0) is 37.1 Å². The van der Waals surface area contributed by atoms with Crippen LogP contribution >= 0.6 is 0 Å². The van der Waals surface area contributed by atoms with E-state index in [4.69, 9.17) is 5.11 Å². The van der Waals surface area contributed by atoms with Gasteiger partial charge in [-0.3, -0.25) is 14.4 Å². The van der Waals surface area contributed by atoms with E-state index in [9.17, 15) is 14.4 Å². The molecule has 1 aromatic rings. The Labute approximate surface area is 117 Å². The van der Waals surface area contributed by atoms with Gasteiger partial charge >= 0.3 is 5.97 Å². The number of carbonyl (C=O) groups excluding carboxylic acids is 2. The Morgan fingerprint density at radius 1 is 1.15 bits per heavy atom. The van der Waals surface area contributed by atoms with Crippen molar-refractivity contribution in [1.82, 2.24) is 0 Å². The zero-order chi connectivity index (χ0) is 15.1. The van der Waals surface area contributed by atoms with Crippen LogP contribution in [0.2, 0.25) is 0 Å². The average molecular weight is 278 g/mol. The maximum atomic E-state index is 11.6. The highest BCUT2D eigenvalue weighted by Crippen LogP contribution is 2.19. The molecule has 0 aliphatic carbocycles. The van der Waals surface area contributed by atoms with Gasteiger partial charge in [-0.1, -0.05) is 0 Å². The molecule has 0 radical (unpaired) electrons. The highest BCUT2D eigenvalue weighted by molar-refractivity contribution is 5.93. The molecule has 1 aromatic carbocycles. The highest BCUT2D eigenvalue weighted by atomic mass is 16.4. The summed E-state index contributed by atoms with van der Waals surface area (Å²) in [4.78, 5) is 32.9. The third kappa shape index (κ3) is 5.51. The summed E-state index contributed by atoms with van der Waals surface area (Å²) in [6.45, 7) is 3.25. The van der Waals surface area contributed by atoms with Crippen LogP contribution in [-0.4, -0.2) is 22.9 Å². The molecule has 2 amide bonds. The van der Waals surface area contributed by atoms with Crippen LogP contribution in [0.4, 0.5) is 11.4 Å². The van der Waals surface area contributed by atoms with E-state index in [-0.39, 0.29) is 24.7 Å². The van der Waals surface area contributed by atoms with E-state index in [1.807, 2.05) is 6.92 Å². The second-order valence-electron chi connectivity index (χ2n) is 4.51. The van der Waals surface area contributed by atoms with Crippen molar-refractivity contribution in [2.45, 2.75) is 33.1 Å². The van der Waals surface area contributed by atoms with Gasteiger partial charge in [0.2, 0.25) is 11.8 Å². The molecule has 0 saturated carbocycles. The van der Waals surface area contributed by atoms with Gasteiger partial charge in [-0.25, -0.2) is 0 Å². The van der Waals surface area contributed by atoms with Crippen molar-refractivity contribution in [3.05, 3.63) is 23.8 Å². The molecule has 0 unspecified atom stereocenters. The number of carbonyl (C=O) groups is 3. The number of carboxylic acid groups (broad SMARTS) is 1. The standard InChI is InChI=1S/C14H18N2O4/c1-9-8-11(6-7-12(9)15-10(2)17)16-13(18)4-3-5-14(19)20/h6-8H,3-5H2,1-2H3,(H,15,17)(H,16,18)(H,19,20). The average Bonchev–Trinajstić information content (AvgIpc) is 2.31. The van der Waals surface area contributed by atoms with Crippen LogP contribution in [0.25, 0.3) is 0 Å². The molecular weight excluding hydrogens is 260 g/mol. The first kappa shape index (κ1) is 15.7. The van der Waals surface area contributed by atoms with Crippen LogP contribution in [0, 0.1) is 6.92 Å². The van der Waals surface area contributed by atoms with Gasteiger partial charge in [0.25, 0.3) is 0 Å². The van der Waals surface area contributed by atoms with E-state index in [0.29, 0.717) is 17.8 Å². The fourth-order valence-corrected chi connectivity index (χ4v) is 1.69. The normalized spacial score (nSPS) is 9.90. The van der Waals surface area contributed by atoms with E-state index < -0.39 is 5.97 Å². The summed E-state index contributed by atoms with van der Waals surface area (Å²) in [5.41, 5.74) is 2.15. The number of hydrogen-bond donors (Lipinski definition) is 3. The van der Waals surface area contributed by atoms with Crippen LogP contribution < -0.4 is 10.6 Å². The summed E-state index contributed by atoms with van der Waals surface area (Å²) in [6.07, 6.45) is 0.455. The predicted molar refractivity (Wildman–Crippen MR) is 75.6 cm³/mol. The molecule has 1 rings (SSSR count). The molecule has 0 saturated heterocycles. The predicted octanol–water partition coefficient (Wildman–Crippen LogP) is 2.15. The molecule has 3 N–H and O–H groups in total. The van der Waals surface area contributed by atoms with E-state index in [1.165, 1.54) is 6.92 Å². The van der Waals surface area contributed by atoms with Gasteiger partial charge < -0.3 is 15.7 Å². The first-order valence-corrected chi connectivity index (χ1v) is 6.28. The zero-order valence-corrected chi connectivity index (χ0v) is 11.5. The second kappa shape index (κ2) is 7.28. The fourth-order valence-electron chi connectivity index (χ4n) is 1.69. The summed E-state index contributed by atoms with van der Waals surface area (Å²) < 4.78 is 0. The lowest BCUT2D eigenvalue weighted by atomic mass is 10.1. The summed E-state index contributed by atoms with van der Waals surface area (Å²) >= 11 is 0. The zero-order valence-electron chi connectivity index (χ0n) is 11.5. The molecule has 0 bridgehead atoms. The Morgan fingerprint density at radius 2 is 1.85 bits per heavy atom. The Kier molecular flexibility index (Phi) is 5.71. The molecule has 0 aromatic heterocycles. The monoisotopic (exact) mass is 278 g/mol. The molecule has 20 heavy (non-hydrogen) atoms. The Balaban J connectivity index is 2.56. The quantitative estimate of drug-likeness (QED) is 0.743. The maximum Gasteiger partial charge on any atom is 0.303 e. The molecule has 0 heterocycles. The minimum absolute atomic E-state index is 0.0199. The third-order valence-corrected chi connectivity index (χ3v) is 2.62. The molecule has 0 aliphatic rings.